The molecule has 0 aromatic heterocycles. The summed E-state index contributed by atoms with van der Waals surface area (Å²) in [5.41, 5.74) is 8.59. The van der Waals surface area contributed by atoms with Crippen molar-refractivity contribution >= 4 is 17.3 Å². The van der Waals surface area contributed by atoms with Crippen molar-refractivity contribution in [3.8, 4) is 5.75 Å². The van der Waals surface area contributed by atoms with Crippen LogP contribution in [-0.4, -0.2) is 0 Å². The molecule has 0 saturated heterocycles. The first-order valence-electron chi connectivity index (χ1n) is 6.64. The molecule has 0 unspecified atom stereocenters. The van der Waals surface area contributed by atoms with Crippen LogP contribution in [0.2, 0.25) is 5.02 Å². The third-order valence-electron chi connectivity index (χ3n) is 3.15. The maximum atomic E-state index is 6.16. The summed E-state index contributed by atoms with van der Waals surface area (Å²) in [4.78, 5) is 0. The second-order valence-corrected chi connectivity index (χ2v) is 6.29. The summed E-state index contributed by atoms with van der Waals surface area (Å²) < 4.78 is 5.95. The fourth-order valence-corrected chi connectivity index (χ4v) is 2.24. The molecule has 0 aliphatic heterocycles. The molecule has 0 spiro atoms. The molecular formula is C17H20ClNO. The molecule has 2 aromatic carbocycles. The molecule has 0 aliphatic carbocycles. The fourth-order valence-electron chi connectivity index (χ4n) is 2.07. The van der Waals surface area contributed by atoms with Crippen LogP contribution in [0.25, 0.3) is 0 Å². The average Bonchev–Trinajstić information content (AvgIpc) is 2.39. The number of benzene rings is 2. The molecule has 106 valence electrons. The predicted octanol–water partition coefficient (Wildman–Crippen LogP) is 4.80. The van der Waals surface area contributed by atoms with E-state index in [1.54, 1.807) is 12.1 Å². The number of nitrogens with two attached hydrogens (primary N) is 1. The highest BCUT2D eigenvalue weighted by Gasteiger charge is 2.18. The molecule has 20 heavy (non-hydrogen) atoms. The van der Waals surface area contributed by atoms with Gasteiger partial charge in [-0.15, -0.1) is 0 Å². The van der Waals surface area contributed by atoms with E-state index in [9.17, 15) is 0 Å². The Morgan fingerprint density at radius 3 is 2.50 bits per heavy atom. The Morgan fingerprint density at radius 2 is 1.80 bits per heavy atom. The lowest BCUT2D eigenvalue weighted by atomic mass is 9.86. The van der Waals surface area contributed by atoms with E-state index in [0.29, 0.717) is 17.3 Å². The van der Waals surface area contributed by atoms with Gasteiger partial charge in [0.2, 0.25) is 0 Å². The smallest absolute Gasteiger partial charge is 0.123 e. The van der Waals surface area contributed by atoms with E-state index < -0.39 is 0 Å². The van der Waals surface area contributed by atoms with Crippen LogP contribution in [0.1, 0.15) is 31.9 Å². The third kappa shape index (κ3) is 3.45. The number of halogens is 1. The van der Waals surface area contributed by atoms with E-state index in [2.05, 4.69) is 26.8 Å². The van der Waals surface area contributed by atoms with Crippen LogP contribution in [0.3, 0.4) is 0 Å². The van der Waals surface area contributed by atoms with Gasteiger partial charge in [0.05, 0.1) is 0 Å². The van der Waals surface area contributed by atoms with Crippen molar-refractivity contribution in [3.05, 3.63) is 58.6 Å². The van der Waals surface area contributed by atoms with Crippen LogP contribution in [0, 0.1) is 0 Å². The highest BCUT2D eigenvalue weighted by atomic mass is 35.5. The Balaban J connectivity index is 2.21. The summed E-state index contributed by atoms with van der Waals surface area (Å²) in [6, 6.07) is 13.5. The van der Waals surface area contributed by atoms with E-state index in [1.807, 2.05) is 24.3 Å². The Labute approximate surface area is 125 Å². The lowest BCUT2D eigenvalue weighted by Crippen LogP contribution is -2.13. The number of para-hydroxylation sites is 1. The Morgan fingerprint density at radius 1 is 1.10 bits per heavy atom. The topological polar surface area (TPSA) is 35.2 Å². The van der Waals surface area contributed by atoms with Gasteiger partial charge in [0.25, 0.3) is 0 Å². The van der Waals surface area contributed by atoms with Crippen molar-refractivity contribution < 1.29 is 4.74 Å². The molecule has 2 N–H and O–H groups in total. The first kappa shape index (κ1) is 14.7. The lowest BCUT2D eigenvalue weighted by molar-refractivity contribution is 0.297. The van der Waals surface area contributed by atoms with Gasteiger partial charge in [0.1, 0.15) is 12.4 Å². The zero-order chi connectivity index (χ0) is 14.8. The van der Waals surface area contributed by atoms with Crippen molar-refractivity contribution in [1.82, 2.24) is 0 Å². The van der Waals surface area contributed by atoms with E-state index in [-0.39, 0.29) is 5.41 Å². The van der Waals surface area contributed by atoms with E-state index in [1.165, 1.54) is 5.56 Å². The average molecular weight is 290 g/mol. The summed E-state index contributed by atoms with van der Waals surface area (Å²) in [5.74, 6) is 0.887. The maximum Gasteiger partial charge on any atom is 0.123 e. The summed E-state index contributed by atoms with van der Waals surface area (Å²) in [5, 5.41) is 0.674. The Hall–Kier alpha value is -1.67. The summed E-state index contributed by atoms with van der Waals surface area (Å²) >= 11 is 6.16. The van der Waals surface area contributed by atoms with Gasteiger partial charge in [-0.05, 0) is 35.2 Å². The number of nitrogen functional groups attached to an aromatic ring is 1. The highest BCUT2D eigenvalue weighted by molar-refractivity contribution is 6.31. The largest absolute Gasteiger partial charge is 0.489 e. The fraction of sp³-hybridized carbons (Fsp3) is 0.294. The minimum absolute atomic E-state index is 0.0378. The minimum Gasteiger partial charge on any atom is -0.489 e. The van der Waals surface area contributed by atoms with E-state index >= 15 is 0 Å². The third-order valence-corrected chi connectivity index (χ3v) is 3.52. The zero-order valence-corrected chi connectivity index (χ0v) is 12.9. The van der Waals surface area contributed by atoms with Crippen molar-refractivity contribution in [2.45, 2.75) is 32.8 Å². The standard InChI is InChI=1S/C17H20ClNO/c1-17(2,3)14-6-4-5-7-16(14)20-11-12-10-13(19)8-9-15(12)18/h4-10H,11,19H2,1-3H3. The van der Waals surface area contributed by atoms with Gasteiger partial charge >= 0.3 is 0 Å². The van der Waals surface area contributed by atoms with Gasteiger partial charge in [-0.25, -0.2) is 0 Å². The first-order valence-corrected chi connectivity index (χ1v) is 7.02. The van der Waals surface area contributed by atoms with Gasteiger partial charge < -0.3 is 10.5 Å². The second kappa shape index (κ2) is 5.76. The first-order chi connectivity index (χ1) is 9.38. The molecular weight excluding hydrogens is 270 g/mol. The molecule has 0 bridgehead atoms. The van der Waals surface area contributed by atoms with Crippen LogP contribution in [0.5, 0.6) is 5.75 Å². The predicted molar refractivity (Wildman–Crippen MR) is 85.3 cm³/mol. The van der Waals surface area contributed by atoms with E-state index in [0.717, 1.165) is 11.3 Å². The van der Waals surface area contributed by atoms with Gasteiger partial charge in [-0.1, -0.05) is 50.6 Å². The van der Waals surface area contributed by atoms with E-state index in [4.69, 9.17) is 22.1 Å². The SMILES string of the molecule is CC(C)(C)c1ccccc1OCc1cc(N)ccc1Cl. The lowest BCUT2D eigenvalue weighted by Gasteiger charge is -2.22. The van der Waals surface area contributed by atoms with Crippen LogP contribution < -0.4 is 10.5 Å². The molecule has 0 amide bonds. The molecule has 3 heteroatoms. The van der Waals surface area contributed by atoms with Crippen LogP contribution in [-0.2, 0) is 12.0 Å². The second-order valence-electron chi connectivity index (χ2n) is 5.89. The molecule has 0 heterocycles. The molecule has 0 radical (unpaired) electrons. The quantitative estimate of drug-likeness (QED) is 0.824. The van der Waals surface area contributed by atoms with Gasteiger partial charge in [0.15, 0.2) is 0 Å². The van der Waals surface area contributed by atoms with Crippen molar-refractivity contribution in [2.24, 2.45) is 0 Å². The summed E-state index contributed by atoms with van der Waals surface area (Å²) in [6.07, 6.45) is 0. The zero-order valence-electron chi connectivity index (χ0n) is 12.1. The monoisotopic (exact) mass is 289 g/mol. The number of rotatable bonds is 3. The molecule has 2 rings (SSSR count). The summed E-state index contributed by atoms with van der Waals surface area (Å²) in [7, 11) is 0. The molecule has 0 fully saturated rings. The molecule has 0 saturated carbocycles. The number of hydrogen-bond donors (Lipinski definition) is 1. The molecule has 0 aliphatic rings. The minimum atomic E-state index is 0.0378. The van der Waals surface area contributed by atoms with Gasteiger partial charge in [-0.3, -0.25) is 0 Å². The normalized spacial score (nSPS) is 11.4. The summed E-state index contributed by atoms with van der Waals surface area (Å²) in [6.45, 7) is 6.92. The Kier molecular flexibility index (Phi) is 4.24. The van der Waals surface area contributed by atoms with Crippen LogP contribution in [0.15, 0.2) is 42.5 Å². The van der Waals surface area contributed by atoms with Crippen LogP contribution >= 0.6 is 11.6 Å². The van der Waals surface area contributed by atoms with Crippen molar-refractivity contribution in [3.63, 3.8) is 0 Å². The van der Waals surface area contributed by atoms with Gasteiger partial charge in [-0.2, -0.15) is 0 Å². The maximum absolute atomic E-state index is 6.16. The molecule has 2 aromatic rings. The van der Waals surface area contributed by atoms with Gasteiger partial charge in [0, 0.05) is 16.3 Å². The number of anilines is 1. The van der Waals surface area contributed by atoms with Crippen molar-refractivity contribution in [2.75, 3.05) is 5.73 Å². The Bertz CT molecular complexity index is 602. The molecule has 0 atom stereocenters. The van der Waals surface area contributed by atoms with Crippen molar-refractivity contribution in [1.29, 1.82) is 0 Å². The number of ether oxygens (including phenoxy) is 1. The van der Waals surface area contributed by atoms with Crippen LogP contribution in [0.4, 0.5) is 5.69 Å². The molecule has 2 nitrogen and oxygen atoms in total. The highest BCUT2D eigenvalue weighted by Crippen LogP contribution is 2.32. The number of hydrogen-bond acceptors (Lipinski definition) is 2.